The van der Waals surface area contributed by atoms with Crippen LogP contribution in [-0.4, -0.2) is 23.7 Å². The van der Waals surface area contributed by atoms with Crippen molar-refractivity contribution in [3.05, 3.63) is 40.4 Å². The molecule has 0 saturated carbocycles. The average Bonchev–Trinajstić information content (AvgIpc) is 2.38. The number of benzene rings is 1. The van der Waals surface area contributed by atoms with Crippen LogP contribution >= 0.6 is 23.2 Å². The van der Waals surface area contributed by atoms with Crippen LogP contribution in [0.15, 0.2) is 24.8 Å². The zero-order valence-corrected chi connectivity index (χ0v) is 12.0. The molecule has 0 saturated heterocycles. The zero-order chi connectivity index (χ0) is 14.4. The lowest BCUT2D eigenvalue weighted by Crippen LogP contribution is -2.36. The molecule has 1 atom stereocenters. The van der Waals surface area contributed by atoms with Gasteiger partial charge in [-0.15, -0.1) is 6.58 Å². The third-order valence-electron chi connectivity index (χ3n) is 2.34. The molecule has 0 aliphatic carbocycles. The van der Waals surface area contributed by atoms with Gasteiger partial charge in [0, 0.05) is 17.1 Å². The van der Waals surface area contributed by atoms with Crippen LogP contribution in [0.3, 0.4) is 0 Å². The Bertz CT molecular complexity index is 477. The molecular weight excluding hydrogens is 289 g/mol. The zero-order valence-electron chi connectivity index (χ0n) is 10.5. The van der Waals surface area contributed by atoms with Gasteiger partial charge in [0.1, 0.15) is 5.75 Å². The van der Waals surface area contributed by atoms with Gasteiger partial charge in [-0.25, -0.2) is 0 Å². The third kappa shape index (κ3) is 4.42. The van der Waals surface area contributed by atoms with E-state index in [1.54, 1.807) is 13.0 Å². The molecule has 1 aromatic rings. The molecule has 104 valence electrons. The Labute approximate surface area is 122 Å². The number of hydrogen-bond acceptors (Lipinski definition) is 3. The lowest BCUT2D eigenvalue weighted by atomic mass is 10.2. The summed E-state index contributed by atoms with van der Waals surface area (Å²) in [6.45, 7) is 5.16. The number of aliphatic hydroxyl groups is 1. The molecule has 1 amide bonds. The lowest BCUT2D eigenvalue weighted by Gasteiger charge is -2.17. The highest BCUT2D eigenvalue weighted by atomic mass is 35.5. The highest BCUT2D eigenvalue weighted by Gasteiger charge is 2.18. The van der Waals surface area contributed by atoms with Crippen molar-refractivity contribution in [1.82, 2.24) is 5.32 Å². The SMILES string of the molecule is C=CCNC(=O)C(C)Oc1c(Cl)cc(Cl)cc1CO. The van der Waals surface area contributed by atoms with E-state index < -0.39 is 6.10 Å². The van der Waals surface area contributed by atoms with E-state index >= 15 is 0 Å². The van der Waals surface area contributed by atoms with Gasteiger partial charge in [-0.05, 0) is 19.1 Å². The minimum absolute atomic E-state index is 0.250. The molecule has 6 heteroatoms. The Kier molecular flexibility index (Phi) is 6.15. The van der Waals surface area contributed by atoms with E-state index in [1.165, 1.54) is 12.1 Å². The number of amides is 1. The summed E-state index contributed by atoms with van der Waals surface area (Å²) in [5.41, 5.74) is 0.431. The maximum absolute atomic E-state index is 11.7. The van der Waals surface area contributed by atoms with Gasteiger partial charge in [0.05, 0.1) is 11.6 Å². The first-order chi connectivity index (χ1) is 8.99. The van der Waals surface area contributed by atoms with E-state index in [0.29, 0.717) is 17.1 Å². The topological polar surface area (TPSA) is 58.6 Å². The molecule has 2 N–H and O–H groups in total. The highest BCUT2D eigenvalue weighted by Crippen LogP contribution is 2.33. The van der Waals surface area contributed by atoms with Crippen LogP contribution in [0, 0.1) is 0 Å². The summed E-state index contributed by atoms with van der Waals surface area (Å²) in [6, 6.07) is 3.03. The van der Waals surface area contributed by atoms with Gasteiger partial charge in [-0.3, -0.25) is 4.79 Å². The second-order valence-corrected chi connectivity index (χ2v) is 4.67. The molecule has 0 spiro atoms. The largest absolute Gasteiger partial charge is 0.479 e. The van der Waals surface area contributed by atoms with Gasteiger partial charge in [-0.1, -0.05) is 29.3 Å². The Hall–Kier alpha value is -1.23. The quantitative estimate of drug-likeness (QED) is 0.794. The Morgan fingerprint density at radius 3 is 2.84 bits per heavy atom. The fourth-order valence-corrected chi connectivity index (χ4v) is 1.99. The van der Waals surface area contributed by atoms with Gasteiger partial charge < -0.3 is 15.2 Å². The molecule has 0 radical (unpaired) electrons. The van der Waals surface area contributed by atoms with Gasteiger partial charge in [0.25, 0.3) is 5.91 Å². The Balaban J connectivity index is 2.86. The van der Waals surface area contributed by atoms with Crippen LogP contribution < -0.4 is 10.1 Å². The fraction of sp³-hybridized carbons (Fsp3) is 0.308. The molecular formula is C13H15Cl2NO3. The van der Waals surface area contributed by atoms with E-state index in [-0.39, 0.29) is 23.3 Å². The fourth-order valence-electron chi connectivity index (χ4n) is 1.41. The van der Waals surface area contributed by atoms with E-state index in [2.05, 4.69) is 11.9 Å². The smallest absolute Gasteiger partial charge is 0.261 e. The molecule has 0 aromatic heterocycles. The van der Waals surface area contributed by atoms with Gasteiger partial charge in [-0.2, -0.15) is 0 Å². The van der Waals surface area contributed by atoms with Gasteiger partial charge in [0.15, 0.2) is 6.10 Å². The van der Waals surface area contributed by atoms with Crippen molar-refractivity contribution < 1.29 is 14.6 Å². The molecule has 1 aromatic carbocycles. The number of ether oxygens (including phenoxy) is 1. The summed E-state index contributed by atoms with van der Waals surface area (Å²) in [6.07, 6.45) is 0.822. The van der Waals surface area contributed by atoms with Crippen molar-refractivity contribution in [2.45, 2.75) is 19.6 Å². The van der Waals surface area contributed by atoms with Crippen LogP contribution in [-0.2, 0) is 11.4 Å². The first-order valence-corrected chi connectivity index (χ1v) is 6.39. The van der Waals surface area contributed by atoms with Crippen LogP contribution in [0.5, 0.6) is 5.75 Å². The van der Waals surface area contributed by atoms with Crippen molar-refractivity contribution in [1.29, 1.82) is 0 Å². The second-order valence-electron chi connectivity index (χ2n) is 3.83. The molecule has 0 heterocycles. The number of carbonyl (C=O) groups excluding carboxylic acids is 1. The van der Waals surface area contributed by atoms with Gasteiger partial charge >= 0.3 is 0 Å². The number of rotatable bonds is 6. The van der Waals surface area contributed by atoms with Crippen molar-refractivity contribution in [3.63, 3.8) is 0 Å². The van der Waals surface area contributed by atoms with Crippen LogP contribution in [0.1, 0.15) is 12.5 Å². The molecule has 4 nitrogen and oxygen atoms in total. The second kappa shape index (κ2) is 7.38. The Morgan fingerprint density at radius 2 is 2.26 bits per heavy atom. The lowest BCUT2D eigenvalue weighted by molar-refractivity contribution is -0.127. The summed E-state index contributed by atoms with van der Waals surface area (Å²) in [7, 11) is 0. The van der Waals surface area contributed by atoms with E-state index in [4.69, 9.17) is 27.9 Å². The maximum atomic E-state index is 11.7. The van der Waals surface area contributed by atoms with Crippen LogP contribution in [0.25, 0.3) is 0 Å². The predicted octanol–water partition coefficient (Wildman–Crippen LogP) is 2.56. The van der Waals surface area contributed by atoms with Crippen LogP contribution in [0.2, 0.25) is 10.0 Å². The standard InChI is InChI=1S/C13H15Cl2NO3/c1-3-4-16-13(18)8(2)19-12-9(7-17)5-10(14)6-11(12)15/h3,5-6,8,17H,1,4,7H2,2H3,(H,16,18). The van der Waals surface area contributed by atoms with Gasteiger partial charge in [0.2, 0.25) is 0 Å². The number of halogens is 2. The number of nitrogens with one attached hydrogen (secondary N) is 1. The van der Waals surface area contributed by atoms with Crippen molar-refractivity contribution in [3.8, 4) is 5.75 Å². The molecule has 1 rings (SSSR count). The van der Waals surface area contributed by atoms with Crippen molar-refractivity contribution in [2.75, 3.05) is 6.54 Å². The summed E-state index contributed by atoms with van der Waals surface area (Å²) in [5, 5.41) is 12.5. The summed E-state index contributed by atoms with van der Waals surface area (Å²) >= 11 is 11.8. The monoisotopic (exact) mass is 303 g/mol. The molecule has 0 aliphatic heterocycles. The minimum atomic E-state index is -0.746. The third-order valence-corrected chi connectivity index (χ3v) is 2.84. The Morgan fingerprint density at radius 1 is 1.58 bits per heavy atom. The van der Waals surface area contributed by atoms with Crippen molar-refractivity contribution in [2.24, 2.45) is 0 Å². The first-order valence-electron chi connectivity index (χ1n) is 5.63. The minimum Gasteiger partial charge on any atom is -0.479 e. The summed E-state index contributed by atoms with van der Waals surface area (Å²) in [5.74, 6) is -0.0374. The summed E-state index contributed by atoms with van der Waals surface area (Å²) in [4.78, 5) is 11.7. The predicted molar refractivity (Wildman–Crippen MR) is 75.7 cm³/mol. The van der Waals surface area contributed by atoms with E-state index in [9.17, 15) is 9.90 Å². The first kappa shape index (κ1) is 15.8. The maximum Gasteiger partial charge on any atom is 0.261 e. The average molecular weight is 304 g/mol. The molecule has 1 unspecified atom stereocenters. The molecule has 19 heavy (non-hydrogen) atoms. The van der Waals surface area contributed by atoms with Crippen LogP contribution in [0.4, 0.5) is 0 Å². The molecule has 0 bridgehead atoms. The summed E-state index contributed by atoms with van der Waals surface area (Å²) < 4.78 is 5.48. The van der Waals surface area contributed by atoms with Crippen molar-refractivity contribution >= 4 is 29.1 Å². The molecule has 0 fully saturated rings. The molecule has 0 aliphatic rings. The highest BCUT2D eigenvalue weighted by molar-refractivity contribution is 6.35. The van der Waals surface area contributed by atoms with E-state index in [1.807, 2.05) is 0 Å². The number of carbonyl (C=O) groups is 1. The number of hydrogen-bond donors (Lipinski definition) is 2. The normalized spacial score (nSPS) is 11.8. The number of aliphatic hydroxyl groups excluding tert-OH is 1. The van der Waals surface area contributed by atoms with E-state index in [0.717, 1.165) is 0 Å².